The predicted octanol–water partition coefficient (Wildman–Crippen LogP) is 2.58. The van der Waals surface area contributed by atoms with Gasteiger partial charge in [-0.05, 0) is 65.7 Å². The largest absolute Gasteiger partial charge is 0.300 e. The van der Waals surface area contributed by atoms with E-state index in [-0.39, 0.29) is 5.54 Å². The summed E-state index contributed by atoms with van der Waals surface area (Å²) in [4.78, 5) is 5.47. The minimum absolute atomic E-state index is 0.248. The quantitative estimate of drug-likeness (QED) is 0.626. The van der Waals surface area contributed by atoms with Gasteiger partial charge in [0, 0.05) is 55.1 Å². The number of fused-ring (bicyclic) bond motifs is 1. The molecular formula is C21H39N3O2S2. The Morgan fingerprint density at radius 1 is 1.04 bits per heavy atom. The van der Waals surface area contributed by atoms with E-state index in [4.69, 9.17) is 0 Å². The molecule has 1 aliphatic carbocycles. The average Bonchev–Trinajstić information content (AvgIpc) is 2.97. The molecule has 4 fully saturated rings. The van der Waals surface area contributed by atoms with Crippen LogP contribution in [-0.2, 0) is 9.84 Å². The summed E-state index contributed by atoms with van der Waals surface area (Å²) in [7, 11) is -2.80. The molecule has 5 atom stereocenters. The van der Waals surface area contributed by atoms with Crippen LogP contribution in [-0.4, -0.2) is 89.1 Å². The van der Waals surface area contributed by atoms with E-state index in [1.807, 2.05) is 11.9 Å². The van der Waals surface area contributed by atoms with Gasteiger partial charge < -0.3 is 4.90 Å². The van der Waals surface area contributed by atoms with Crippen molar-refractivity contribution < 1.29 is 8.42 Å². The van der Waals surface area contributed by atoms with Gasteiger partial charge in [0.15, 0.2) is 9.84 Å². The van der Waals surface area contributed by atoms with Crippen LogP contribution in [0.4, 0.5) is 0 Å². The molecule has 3 aliphatic heterocycles. The zero-order valence-corrected chi connectivity index (χ0v) is 20.1. The van der Waals surface area contributed by atoms with Crippen molar-refractivity contribution in [1.29, 1.82) is 0 Å². The van der Waals surface area contributed by atoms with E-state index in [0.717, 1.165) is 17.8 Å². The molecule has 0 aromatic rings. The lowest BCUT2D eigenvalue weighted by Gasteiger charge is -2.44. The normalized spacial score (nSPS) is 42.2. The van der Waals surface area contributed by atoms with Crippen molar-refractivity contribution in [2.45, 2.75) is 76.9 Å². The third-order valence-corrected chi connectivity index (χ3v) is 11.2. The maximum absolute atomic E-state index is 11.7. The lowest BCUT2D eigenvalue weighted by molar-refractivity contribution is 0.0416. The first kappa shape index (κ1) is 21.4. The first-order chi connectivity index (χ1) is 13.0. The SMILES string of the molecule is CC(C)N1CC2C(C1)C2C(C)(C)N1C(C)CC(SN2CCS(=O)(=O)CC2)C1C. The number of rotatable bonds is 5. The van der Waals surface area contributed by atoms with Gasteiger partial charge in [0.05, 0.1) is 11.5 Å². The second-order valence-electron chi connectivity index (χ2n) is 10.5. The number of likely N-dealkylation sites (tertiary alicyclic amines) is 2. The Labute approximate surface area is 176 Å². The minimum Gasteiger partial charge on any atom is -0.300 e. The molecule has 5 unspecified atom stereocenters. The van der Waals surface area contributed by atoms with Crippen LogP contribution >= 0.6 is 11.9 Å². The zero-order valence-electron chi connectivity index (χ0n) is 18.5. The highest BCUT2D eigenvalue weighted by Gasteiger charge is 2.64. The van der Waals surface area contributed by atoms with Crippen LogP contribution in [0.3, 0.4) is 0 Å². The molecule has 0 amide bonds. The first-order valence-corrected chi connectivity index (χ1v) is 13.8. The molecule has 0 bridgehead atoms. The monoisotopic (exact) mass is 429 g/mol. The van der Waals surface area contributed by atoms with Crippen molar-refractivity contribution in [3.05, 3.63) is 0 Å². The maximum Gasteiger partial charge on any atom is 0.152 e. The van der Waals surface area contributed by atoms with Gasteiger partial charge in [0.2, 0.25) is 0 Å². The molecule has 3 saturated heterocycles. The summed E-state index contributed by atoms with van der Waals surface area (Å²) in [6.45, 7) is 18.4. The van der Waals surface area contributed by atoms with E-state index in [0.29, 0.717) is 48.0 Å². The summed E-state index contributed by atoms with van der Waals surface area (Å²) in [6.07, 6.45) is 1.21. The third-order valence-electron chi connectivity index (χ3n) is 8.05. The predicted molar refractivity (Wildman–Crippen MR) is 118 cm³/mol. The van der Waals surface area contributed by atoms with Crippen LogP contribution < -0.4 is 0 Å². The highest BCUT2D eigenvalue weighted by molar-refractivity contribution is 7.98. The second-order valence-corrected chi connectivity index (χ2v) is 14.1. The Balaban J connectivity index is 1.38. The number of hydrogen-bond acceptors (Lipinski definition) is 6. The van der Waals surface area contributed by atoms with E-state index < -0.39 is 9.84 Å². The van der Waals surface area contributed by atoms with Gasteiger partial charge in [-0.2, -0.15) is 0 Å². The fourth-order valence-electron chi connectivity index (χ4n) is 6.64. The molecule has 7 heteroatoms. The molecule has 1 saturated carbocycles. The van der Waals surface area contributed by atoms with E-state index in [1.165, 1.54) is 19.5 Å². The Bertz CT molecular complexity index is 670. The average molecular weight is 430 g/mol. The van der Waals surface area contributed by atoms with E-state index in [1.54, 1.807) is 0 Å². The second kappa shape index (κ2) is 7.40. The van der Waals surface area contributed by atoms with Crippen molar-refractivity contribution in [3.63, 3.8) is 0 Å². The Kier molecular flexibility index (Phi) is 5.66. The zero-order chi connectivity index (χ0) is 20.4. The fraction of sp³-hybridized carbons (Fsp3) is 1.00. The summed E-state index contributed by atoms with van der Waals surface area (Å²) >= 11 is 1.94. The van der Waals surface area contributed by atoms with Gasteiger partial charge in [-0.1, -0.05) is 11.9 Å². The summed E-state index contributed by atoms with van der Waals surface area (Å²) in [5.74, 6) is 3.25. The van der Waals surface area contributed by atoms with Gasteiger partial charge in [0.25, 0.3) is 0 Å². The summed E-state index contributed by atoms with van der Waals surface area (Å²) < 4.78 is 25.8. The molecule has 4 rings (SSSR count). The Hall–Kier alpha value is 0.180. The van der Waals surface area contributed by atoms with Crippen molar-refractivity contribution in [2.24, 2.45) is 17.8 Å². The van der Waals surface area contributed by atoms with Crippen LogP contribution in [0, 0.1) is 17.8 Å². The number of nitrogens with zero attached hydrogens (tertiary/aromatic N) is 3. The molecule has 0 spiro atoms. The third kappa shape index (κ3) is 3.79. The Morgan fingerprint density at radius 3 is 2.14 bits per heavy atom. The standard InChI is InChI=1S/C21H39N3O2S2/c1-14(2)22-12-17-18(13-22)20(17)21(5,6)24-15(3)11-19(16(24)4)27-23-7-9-28(25,26)10-8-23/h14-20H,7-13H2,1-6H3. The van der Waals surface area contributed by atoms with Gasteiger partial charge in [0.1, 0.15) is 0 Å². The topological polar surface area (TPSA) is 43.9 Å². The van der Waals surface area contributed by atoms with E-state index in [9.17, 15) is 8.42 Å². The highest BCUT2D eigenvalue weighted by atomic mass is 32.2. The first-order valence-electron chi connectivity index (χ1n) is 11.2. The Morgan fingerprint density at radius 2 is 1.61 bits per heavy atom. The highest BCUT2D eigenvalue weighted by Crippen LogP contribution is 2.60. The van der Waals surface area contributed by atoms with E-state index in [2.05, 4.69) is 55.6 Å². The van der Waals surface area contributed by atoms with Crippen LogP contribution in [0.15, 0.2) is 0 Å². The smallest absolute Gasteiger partial charge is 0.152 e. The van der Waals surface area contributed by atoms with Gasteiger partial charge >= 0.3 is 0 Å². The van der Waals surface area contributed by atoms with Crippen LogP contribution in [0.25, 0.3) is 0 Å². The van der Waals surface area contributed by atoms with Crippen molar-refractivity contribution in [2.75, 3.05) is 37.7 Å². The molecule has 5 nitrogen and oxygen atoms in total. The molecule has 4 aliphatic rings. The number of sulfone groups is 1. The van der Waals surface area contributed by atoms with E-state index >= 15 is 0 Å². The summed E-state index contributed by atoms with van der Waals surface area (Å²) in [5, 5.41) is 0.570. The molecule has 0 radical (unpaired) electrons. The van der Waals surface area contributed by atoms with Gasteiger partial charge in [-0.3, -0.25) is 4.90 Å². The molecular weight excluding hydrogens is 390 g/mol. The lowest BCUT2D eigenvalue weighted by atomic mass is 9.90. The maximum atomic E-state index is 11.7. The minimum atomic E-state index is -2.80. The van der Waals surface area contributed by atoms with Crippen LogP contribution in [0.5, 0.6) is 0 Å². The van der Waals surface area contributed by atoms with Gasteiger partial charge in [-0.25, -0.2) is 12.7 Å². The molecule has 3 heterocycles. The van der Waals surface area contributed by atoms with Crippen molar-refractivity contribution >= 4 is 21.8 Å². The summed E-state index contributed by atoms with van der Waals surface area (Å²) in [5.41, 5.74) is 0.248. The van der Waals surface area contributed by atoms with Gasteiger partial charge in [-0.15, -0.1) is 0 Å². The molecule has 162 valence electrons. The lowest BCUT2D eigenvalue weighted by Crippen LogP contribution is -2.53. The van der Waals surface area contributed by atoms with Crippen LogP contribution in [0.1, 0.15) is 48.0 Å². The number of hydrogen-bond donors (Lipinski definition) is 0. The number of piperidine rings is 1. The van der Waals surface area contributed by atoms with Crippen molar-refractivity contribution in [3.8, 4) is 0 Å². The molecule has 0 aromatic heterocycles. The fourth-order valence-corrected chi connectivity index (χ4v) is 9.52. The summed E-state index contributed by atoms with van der Waals surface area (Å²) in [6, 6.07) is 1.81. The van der Waals surface area contributed by atoms with Crippen molar-refractivity contribution in [1.82, 2.24) is 14.1 Å². The van der Waals surface area contributed by atoms with Crippen LogP contribution in [0.2, 0.25) is 0 Å². The molecule has 0 aromatic carbocycles. The molecule has 0 N–H and O–H groups in total. The molecule has 28 heavy (non-hydrogen) atoms.